The van der Waals surface area contributed by atoms with Crippen LogP contribution in [0.5, 0.6) is 0 Å². The molecule has 1 aliphatic rings. The van der Waals surface area contributed by atoms with Gasteiger partial charge in [-0.2, -0.15) is 5.10 Å². The lowest BCUT2D eigenvalue weighted by Crippen LogP contribution is -2.45. The Labute approximate surface area is 120 Å². The van der Waals surface area contributed by atoms with Gasteiger partial charge in [-0.3, -0.25) is 9.48 Å². The first-order valence-corrected chi connectivity index (χ1v) is 7.39. The van der Waals surface area contributed by atoms with Gasteiger partial charge in [0.1, 0.15) is 0 Å². The molecule has 0 aromatic carbocycles. The van der Waals surface area contributed by atoms with Gasteiger partial charge in [0.25, 0.3) is 5.91 Å². The summed E-state index contributed by atoms with van der Waals surface area (Å²) >= 11 is 7.86. The van der Waals surface area contributed by atoms with E-state index < -0.39 is 0 Å². The fraction of sp³-hybridized carbons (Fsp3) is 0.385. The Kier molecular flexibility index (Phi) is 3.11. The molecule has 1 aliphatic heterocycles. The van der Waals surface area contributed by atoms with E-state index in [2.05, 4.69) is 11.2 Å². The molecule has 6 heteroatoms. The van der Waals surface area contributed by atoms with E-state index in [9.17, 15) is 4.79 Å². The lowest BCUT2D eigenvalue weighted by molar-refractivity contribution is 0.0461. The summed E-state index contributed by atoms with van der Waals surface area (Å²) in [7, 11) is 1.80. The van der Waals surface area contributed by atoms with Crippen molar-refractivity contribution in [2.24, 2.45) is 7.05 Å². The summed E-state index contributed by atoms with van der Waals surface area (Å²) in [5.41, 5.74) is 1.18. The number of hydrogen-bond acceptors (Lipinski definition) is 3. The highest BCUT2D eigenvalue weighted by Crippen LogP contribution is 2.37. The van der Waals surface area contributed by atoms with Crippen molar-refractivity contribution in [2.75, 3.05) is 6.54 Å². The second-order valence-electron chi connectivity index (χ2n) is 4.69. The summed E-state index contributed by atoms with van der Waals surface area (Å²) in [4.78, 5) is 15.6. The molecule has 1 fully saturated rings. The van der Waals surface area contributed by atoms with E-state index in [-0.39, 0.29) is 11.9 Å². The molecular weight excluding hydrogens is 282 g/mol. The molecular formula is C13H14ClN3OS. The highest BCUT2D eigenvalue weighted by molar-refractivity contribution is 7.10. The number of carbonyl (C=O) groups is 1. The maximum atomic E-state index is 12.5. The van der Waals surface area contributed by atoms with Gasteiger partial charge in [-0.15, -0.1) is 11.3 Å². The third-order valence-corrected chi connectivity index (χ3v) is 5.04. The number of nitrogens with zero attached hydrogens (tertiary/aromatic N) is 3. The minimum atomic E-state index is -0.0710. The predicted octanol–water partition coefficient (Wildman–Crippen LogP) is 3.03. The minimum absolute atomic E-state index is 0.0710. The van der Waals surface area contributed by atoms with E-state index in [1.165, 1.54) is 4.88 Å². The lowest BCUT2D eigenvalue weighted by atomic mass is 10.0. The van der Waals surface area contributed by atoms with Gasteiger partial charge in [-0.05, 0) is 24.8 Å². The third kappa shape index (κ3) is 1.97. The maximum absolute atomic E-state index is 12.5. The zero-order chi connectivity index (χ0) is 13.6. The number of rotatable bonds is 2. The molecule has 0 N–H and O–H groups in total. The Morgan fingerprint density at radius 1 is 1.58 bits per heavy atom. The molecule has 1 saturated heterocycles. The summed E-state index contributed by atoms with van der Waals surface area (Å²) < 4.78 is 1.65. The molecule has 0 aliphatic carbocycles. The van der Waals surface area contributed by atoms with Crippen molar-refractivity contribution in [3.63, 3.8) is 0 Å². The van der Waals surface area contributed by atoms with Crippen LogP contribution in [0.3, 0.4) is 0 Å². The van der Waals surface area contributed by atoms with E-state index in [0.717, 1.165) is 18.7 Å². The second kappa shape index (κ2) is 4.65. The molecule has 2 aromatic heterocycles. The Bertz CT molecular complexity index is 620. The largest absolute Gasteiger partial charge is 0.329 e. The second-order valence-corrected chi connectivity index (χ2v) is 6.05. The average Bonchev–Trinajstić information content (AvgIpc) is 2.93. The maximum Gasteiger partial charge on any atom is 0.276 e. The van der Waals surface area contributed by atoms with E-state index in [1.807, 2.05) is 23.3 Å². The van der Waals surface area contributed by atoms with Gasteiger partial charge in [0.05, 0.1) is 16.8 Å². The first-order chi connectivity index (χ1) is 9.09. The number of hydrogen-bond donors (Lipinski definition) is 0. The average molecular weight is 296 g/mol. The molecule has 0 radical (unpaired) electrons. The quantitative estimate of drug-likeness (QED) is 0.854. The number of aryl methyl sites for hydroxylation is 1. The van der Waals surface area contributed by atoms with Crippen molar-refractivity contribution >= 4 is 28.8 Å². The number of carbonyl (C=O) groups excluding carboxylic acids is 1. The number of halogens is 1. The normalized spacial score (nSPS) is 18.5. The van der Waals surface area contributed by atoms with Crippen molar-refractivity contribution in [3.8, 4) is 0 Å². The van der Waals surface area contributed by atoms with Crippen molar-refractivity contribution in [1.82, 2.24) is 14.7 Å². The first kappa shape index (κ1) is 12.7. The van der Waals surface area contributed by atoms with E-state index in [1.54, 1.807) is 23.1 Å². The van der Waals surface area contributed by atoms with Crippen molar-refractivity contribution < 1.29 is 4.79 Å². The predicted molar refractivity (Wildman–Crippen MR) is 75.7 cm³/mol. The van der Waals surface area contributed by atoms with Crippen LogP contribution < -0.4 is 0 Å². The zero-order valence-corrected chi connectivity index (χ0v) is 12.3. The van der Waals surface area contributed by atoms with Crippen molar-refractivity contribution in [1.29, 1.82) is 0 Å². The van der Waals surface area contributed by atoms with Crippen LogP contribution in [-0.2, 0) is 7.05 Å². The third-order valence-electron chi connectivity index (χ3n) is 3.62. The molecule has 1 amide bonds. The van der Waals surface area contributed by atoms with Crippen molar-refractivity contribution in [3.05, 3.63) is 38.8 Å². The highest BCUT2D eigenvalue weighted by Gasteiger charge is 2.36. The van der Waals surface area contributed by atoms with Gasteiger partial charge in [0, 0.05) is 18.5 Å². The number of thiophene rings is 1. The monoisotopic (exact) mass is 295 g/mol. The van der Waals surface area contributed by atoms with Crippen LogP contribution in [0.1, 0.15) is 33.5 Å². The Hall–Kier alpha value is -1.33. The zero-order valence-electron chi connectivity index (χ0n) is 10.8. The van der Waals surface area contributed by atoms with Crippen LogP contribution in [0.25, 0.3) is 0 Å². The molecule has 0 bridgehead atoms. The van der Waals surface area contributed by atoms with Gasteiger partial charge in [-0.1, -0.05) is 17.7 Å². The van der Waals surface area contributed by atoms with Gasteiger partial charge in [-0.25, -0.2) is 0 Å². The molecule has 0 unspecified atom stereocenters. The summed E-state index contributed by atoms with van der Waals surface area (Å²) in [5.74, 6) is -0.0710. The summed E-state index contributed by atoms with van der Waals surface area (Å²) in [5, 5.41) is 6.72. The van der Waals surface area contributed by atoms with Crippen LogP contribution in [0.4, 0.5) is 0 Å². The molecule has 0 saturated carbocycles. The Balaban J connectivity index is 1.87. The number of likely N-dealkylation sites (tertiary alicyclic amines) is 1. The molecule has 2 aromatic rings. The molecule has 19 heavy (non-hydrogen) atoms. The van der Waals surface area contributed by atoms with Gasteiger partial charge >= 0.3 is 0 Å². The molecule has 100 valence electrons. The first-order valence-electron chi connectivity index (χ1n) is 6.13. The molecule has 3 rings (SSSR count). The van der Waals surface area contributed by atoms with Gasteiger partial charge in [0.2, 0.25) is 0 Å². The number of aromatic nitrogens is 2. The topological polar surface area (TPSA) is 38.1 Å². The van der Waals surface area contributed by atoms with Gasteiger partial charge in [0.15, 0.2) is 5.69 Å². The highest BCUT2D eigenvalue weighted by atomic mass is 35.5. The molecule has 1 atom stereocenters. The summed E-state index contributed by atoms with van der Waals surface area (Å²) in [6.45, 7) is 2.63. The van der Waals surface area contributed by atoms with E-state index >= 15 is 0 Å². The summed E-state index contributed by atoms with van der Waals surface area (Å²) in [6.07, 6.45) is 1.01. The molecule has 4 nitrogen and oxygen atoms in total. The SMILES string of the molecule is Cc1c(Cl)c(C(=O)N2CC[C@H]2c2cccs2)nn1C. The molecule has 3 heterocycles. The van der Waals surface area contributed by atoms with Crippen LogP contribution in [-0.4, -0.2) is 27.1 Å². The van der Waals surface area contributed by atoms with Crippen LogP contribution >= 0.6 is 22.9 Å². The van der Waals surface area contributed by atoms with Crippen molar-refractivity contribution in [2.45, 2.75) is 19.4 Å². The standard InChI is InChI=1S/C13H14ClN3OS/c1-8-11(14)12(15-16(8)2)13(18)17-6-5-9(17)10-4-3-7-19-10/h3-4,7,9H,5-6H2,1-2H3/t9-/m0/s1. The van der Waals surface area contributed by atoms with Gasteiger partial charge < -0.3 is 4.90 Å². The fourth-order valence-corrected chi connectivity index (χ4v) is 3.38. The fourth-order valence-electron chi connectivity index (χ4n) is 2.26. The summed E-state index contributed by atoms with van der Waals surface area (Å²) in [6, 6.07) is 4.27. The van der Waals surface area contributed by atoms with Crippen LogP contribution in [0.15, 0.2) is 17.5 Å². The van der Waals surface area contributed by atoms with Crippen LogP contribution in [0, 0.1) is 6.92 Å². The van der Waals surface area contributed by atoms with E-state index in [0.29, 0.717) is 10.7 Å². The Morgan fingerprint density at radius 3 is 2.84 bits per heavy atom. The smallest absolute Gasteiger partial charge is 0.276 e. The lowest BCUT2D eigenvalue weighted by Gasteiger charge is -2.40. The number of amides is 1. The molecule has 0 spiro atoms. The van der Waals surface area contributed by atoms with Crippen LogP contribution in [0.2, 0.25) is 5.02 Å². The minimum Gasteiger partial charge on any atom is -0.329 e. The Morgan fingerprint density at radius 2 is 2.37 bits per heavy atom. The van der Waals surface area contributed by atoms with E-state index in [4.69, 9.17) is 11.6 Å².